The second kappa shape index (κ2) is 6.46. The van der Waals surface area contributed by atoms with Crippen molar-refractivity contribution in [1.29, 1.82) is 0 Å². The zero-order chi connectivity index (χ0) is 18.3. The molecule has 0 aliphatic rings. The lowest BCUT2D eigenvalue weighted by atomic mass is 10.0. The molecule has 1 heterocycles. The van der Waals surface area contributed by atoms with Gasteiger partial charge in [-0.1, -0.05) is 35.9 Å². The summed E-state index contributed by atoms with van der Waals surface area (Å²) in [6.45, 7) is 2.02. The van der Waals surface area contributed by atoms with Crippen molar-refractivity contribution in [2.24, 2.45) is 0 Å². The van der Waals surface area contributed by atoms with E-state index in [1.54, 1.807) is 12.1 Å². The van der Waals surface area contributed by atoms with Crippen molar-refractivity contribution in [3.05, 3.63) is 87.0 Å². The van der Waals surface area contributed by atoms with E-state index in [1.807, 2.05) is 37.3 Å². The molecular formula is C21H14ClFO3. The second-order valence-corrected chi connectivity index (χ2v) is 6.43. The summed E-state index contributed by atoms with van der Waals surface area (Å²) in [6.07, 6.45) is 0. The summed E-state index contributed by atoms with van der Waals surface area (Å²) in [5, 5.41) is 2.55. The maximum atomic E-state index is 13.1. The zero-order valence-electron chi connectivity index (χ0n) is 13.9. The number of rotatable bonds is 3. The Bertz CT molecular complexity index is 1200. The number of ether oxygens (including phenoxy) is 1. The van der Waals surface area contributed by atoms with E-state index in [2.05, 4.69) is 0 Å². The number of halogens is 2. The van der Waals surface area contributed by atoms with Crippen molar-refractivity contribution in [3.8, 4) is 5.75 Å². The van der Waals surface area contributed by atoms with Crippen LogP contribution in [0.5, 0.6) is 5.75 Å². The minimum Gasteiger partial charge on any atom is -0.488 e. The van der Waals surface area contributed by atoms with Gasteiger partial charge in [0.25, 0.3) is 0 Å². The van der Waals surface area contributed by atoms with Crippen LogP contribution >= 0.6 is 11.6 Å². The van der Waals surface area contributed by atoms with E-state index < -0.39 is 5.82 Å². The minimum atomic E-state index is -0.394. The van der Waals surface area contributed by atoms with E-state index >= 15 is 0 Å². The first kappa shape index (κ1) is 16.6. The molecule has 0 atom stereocenters. The molecule has 0 spiro atoms. The van der Waals surface area contributed by atoms with Crippen LogP contribution in [0.4, 0.5) is 4.39 Å². The molecule has 4 aromatic rings. The molecule has 4 rings (SSSR count). The average molecular weight is 369 g/mol. The maximum absolute atomic E-state index is 13.1. The number of fused-ring (bicyclic) bond motifs is 3. The van der Waals surface area contributed by atoms with Crippen LogP contribution in [0.3, 0.4) is 0 Å². The number of benzene rings is 3. The molecule has 0 radical (unpaired) electrons. The molecule has 26 heavy (non-hydrogen) atoms. The summed E-state index contributed by atoms with van der Waals surface area (Å²) in [6, 6.07) is 15.2. The third-order valence-electron chi connectivity index (χ3n) is 4.39. The summed E-state index contributed by atoms with van der Waals surface area (Å²) in [5.74, 6) is 0.186. The van der Waals surface area contributed by atoms with Crippen LogP contribution in [0, 0.1) is 12.7 Å². The highest BCUT2D eigenvalue weighted by atomic mass is 35.5. The van der Waals surface area contributed by atoms with E-state index in [1.165, 1.54) is 12.1 Å². The van der Waals surface area contributed by atoms with Gasteiger partial charge in [0.2, 0.25) is 0 Å². The summed E-state index contributed by atoms with van der Waals surface area (Å²) in [5.41, 5.74) is 1.52. The molecule has 0 aliphatic heterocycles. The van der Waals surface area contributed by atoms with E-state index in [9.17, 15) is 9.18 Å². The van der Waals surface area contributed by atoms with Gasteiger partial charge < -0.3 is 9.15 Å². The van der Waals surface area contributed by atoms with Gasteiger partial charge in [-0.25, -0.2) is 9.18 Å². The summed E-state index contributed by atoms with van der Waals surface area (Å²) < 4.78 is 24.5. The summed E-state index contributed by atoms with van der Waals surface area (Å²) >= 11 is 6.04. The molecule has 0 N–H and O–H groups in total. The first-order valence-corrected chi connectivity index (χ1v) is 8.44. The zero-order valence-corrected chi connectivity index (χ0v) is 14.6. The molecule has 130 valence electrons. The molecule has 3 aromatic carbocycles. The van der Waals surface area contributed by atoms with Crippen molar-refractivity contribution >= 4 is 33.3 Å². The van der Waals surface area contributed by atoms with Crippen molar-refractivity contribution in [1.82, 2.24) is 0 Å². The Morgan fingerprint density at radius 2 is 1.81 bits per heavy atom. The Hall–Kier alpha value is -2.85. The van der Waals surface area contributed by atoms with Gasteiger partial charge in [-0.3, -0.25) is 0 Å². The van der Waals surface area contributed by atoms with Gasteiger partial charge in [0.05, 0.1) is 10.4 Å². The van der Waals surface area contributed by atoms with Crippen LogP contribution in [-0.2, 0) is 6.61 Å². The number of aryl methyl sites for hydroxylation is 1. The van der Waals surface area contributed by atoms with Crippen molar-refractivity contribution < 1.29 is 13.5 Å². The quantitative estimate of drug-likeness (QED) is 0.347. The van der Waals surface area contributed by atoms with Gasteiger partial charge >= 0.3 is 5.63 Å². The fraction of sp³-hybridized carbons (Fsp3) is 0.0952. The Balaban J connectivity index is 1.76. The van der Waals surface area contributed by atoms with Crippen LogP contribution in [0.25, 0.3) is 21.7 Å². The van der Waals surface area contributed by atoms with Gasteiger partial charge in [0, 0.05) is 16.5 Å². The van der Waals surface area contributed by atoms with Crippen LogP contribution < -0.4 is 10.4 Å². The lowest BCUT2D eigenvalue weighted by Crippen LogP contribution is -2.02. The average Bonchev–Trinajstić information content (AvgIpc) is 2.63. The Morgan fingerprint density at radius 3 is 2.58 bits per heavy atom. The molecule has 0 aliphatic carbocycles. The van der Waals surface area contributed by atoms with Crippen LogP contribution in [-0.4, -0.2) is 0 Å². The predicted molar refractivity (Wildman–Crippen MR) is 100 cm³/mol. The molecule has 0 fully saturated rings. The standard InChI is InChI=1S/C21H14ClFO3/c1-12-19(25-11-13-6-7-14(23)10-18(13)22)9-8-16-15-4-2-3-5-17(15)21(24)26-20(12)16/h2-10H,11H2,1H3. The highest BCUT2D eigenvalue weighted by molar-refractivity contribution is 6.31. The fourth-order valence-electron chi connectivity index (χ4n) is 3.01. The molecule has 3 nitrogen and oxygen atoms in total. The molecule has 0 unspecified atom stereocenters. The molecule has 0 saturated carbocycles. The number of hydrogen-bond acceptors (Lipinski definition) is 3. The summed E-state index contributed by atoms with van der Waals surface area (Å²) in [4.78, 5) is 12.3. The Morgan fingerprint density at radius 1 is 1.04 bits per heavy atom. The second-order valence-electron chi connectivity index (χ2n) is 6.02. The molecule has 0 saturated heterocycles. The normalized spacial score (nSPS) is 11.2. The molecule has 0 bridgehead atoms. The highest BCUT2D eigenvalue weighted by Gasteiger charge is 2.13. The van der Waals surface area contributed by atoms with Crippen molar-refractivity contribution in [3.63, 3.8) is 0 Å². The Kier molecular flexibility index (Phi) is 4.13. The van der Waals surface area contributed by atoms with E-state index in [-0.39, 0.29) is 12.2 Å². The van der Waals surface area contributed by atoms with Crippen LogP contribution in [0.15, 0.2) is 63.8 Å². The first-order valence-electron chi connectivity index (χ1n) is 8.06. The highest BCUT2D eigenvalue weighted by Crippen LogP contribution is 2.31. The Labute approximate surface area is 153 Å². The minimum absolute atomic E-state index is 0.184. The third-order valence-corrected chi connectivity index (χ3v) is 4.74. The van der Waals surface area contributed by atoms with Gasteiger partial charge in [0.15, 0.2) is 0 Å². The SMILES string of the molecule is Cc1c(OCc2ccc(F)cc2Cl)ccc2c1oc(=O)c1ccccc12. The molecule has 1 aromatic heterocycles. The topological polar surface area (TPSA) is 39.4 Å². The number of hydrogen-bond donors (Lipinski definition) is 0. The largest absolute Gasteiger partial charge is 0.488 e. The third kappa shape index (κ3) is 2.82. The van der Waals surface area contributed by atoms with Gasteiger partial charge in [-0.15, -0.1) is 0 Å². The van der Waals surface area contributed by atoms with Crippen LogP contribution in [0.1, 0.15) is 11.1 Å². The van der Waals surface area contributed by atoms with Gasteiger partial charge in [0.1, 0.15) is 23.8 Å². The lowest BCUT2D eigenvalue weighted by Gasteiger charge is -2.12. The lowest BCUT2D eigenvalue weighted by molar-refractivity contribution is 0.304. The molecule has 5 heteroatoms. The fourth-order valence-corrected chi connectivity index (χ4v) is 3.23. The van der Waals surface area contributed by atoms with E-state index in [0.717, 1.165) is 16.3 Å². The van der Waals surface area contributed by atoms with Crippen LogP contribution in [0.2, 0.25) is 5.02 Å². The van der Waals surface area contributed by atoms with Gasteiger partial charge in [-0.05, 0) is 42.6 Å². The van der Waals surface area contributed by atoms with E-state index in [4.69, 9.17) is 20.8 Å². The molecule has 0 amide bonds. The van der Waals surface area contributed by atoms with Gasteiger partial charge in [-0.2, -0.15) is 0 Å². The van der Waals surface area contributed by atoms with Crippen molar-refractivity contribution in [2.45, 2.75) is 13.5 Å². The smallest absolute Gasteiger partial charge is 0.344 e. The summed E-state index contributed by atoms with van der Waals surface area (Å²) in [7, 11) is 0. The predicted octanol–water partition coefficient (Wildman–Crippen LogP) is 5.63. The molecular weight excluding hydrogens is 355 g/mol. The first-order chi connectivity index (χ1) is 12.5. The van der Waals surface area contributed by atoms with Crippen molar-refractivity contribution in [2.75, 3.05) is 0 Å². The monoisotopic (exact) mass is 368 g/mol. The maximum Gasteiger partial charge on any atom is 0.344 e. The van der Waals surface area contributed by atoms with E-state index in [0.29, 0.717) is 27.3 Å².